The maximum Gasteiger partial charge on any atom is 0.173 e. The van der Waals surface area contributed by atoms with Gasteiger partial charge in [0.2, 0.25) is 0 Å². The lowest BCUT2D eigenvalue weighted by Gasteiger charge is -2.34. The zero-order valence-corrected chi connectivity index (χ0v) is 12.6. The fraction of sp³-hybridized carbons (Fsp3) is 0.357. The Balaban J connectivity index is 1.68. The Hall–Kier alpha value is -1.12. The van der Waals surface area contributed by atoms with Crippen LogP contribution in [0.4, 0.5) is 0 Å². The molecule has 1 aliphatic heterocycles. The molecule has 3 heterocycles. The maximum atomic E-state index is 9.90. The first-order valence-electron chi connectivity index (χ1n) is 6.46. The largest absolute Gasteiger partial charge is 0.475 e. The molecule has 0 saturated carbocycles. The summed E-state index contributed by atoms with van der Waals surface area (Å²) in [6.45, 7) is 0. The van der Waals surface area contributed by atoms with Crippen LogP contribution in [-0.2, 0) is 0 Å². The van der Waals surface area contributed by atoms with Crippen molar-refractivity contribution >= 4 is 23.1 Å². The molecule has 0 unspecified atom stereocenters. The van der Waals surface area contributed by atoms with Gasteiger partial charge in [-0.1, -0.05) is 0 Å². The molecule has 2 aromatic rings. The number of aliphatic hydroxyl groups excluding tert-OH is 3. The van der Waals surface area contributed by atoms with E-state index in [9.17, 15) is 15.3 Å². The van der Waals surface area contributed by atoms with Gasteiger partial charge in [0.1, 0.15) is 18.0 Å². The molecule has 112 valence electrons. The molecular formula is C14H15NO4S2. The van der Waals surface area contributed by atoms with Crippen molar-refractivity contribution in [2.24, 2.45) is 0 Å². The van der Waals surface area contributed by atoms with Crippen molar-refractivity contribution in [1.82, 2.24) is 4.98 Å². The number of hydrogen-bond donors (Lipinski definition) is 3. The summed E-state index contributed by atoms with van der Waals surface area (Å²) >= 11 is 2.88. The monoisotopic (exact) mass is 325 g/mol. The van der Waals surface area contributed by atoms with E-state index in [1.54, 1.807) is 23.6 Å². The summed E-state index contributed by atoms with van der Waals surface area (Å²) in [5.74, 6) is 0.845. The molecule has 3 N–H and O–H groups in total. The first kappa shape index (κ1) is 14.8. The van der Waals surface area contributed by atoms with Gasteiger partial charge < -0.3 is 20.1 Å². The summed E-state index contributed by atoms with van der Waals surface area (Å²) in [4.78, 5) is 4.32. The van der Waals surface area contributed by atoms with Gasteiger partial charge in [0.25, 0.3) is 0 Å². The van der Waals surface area contributed by atoms with E-state index in [-0.39, 0.29) is 0 Å². The van der Waals surface area contributed by atoms with Gasteiger partial charge in [-0.05, 0) is 23.6 Å². The van der Waals surface area contributed by atoms with E-state index in [0.717, 1.165) is 11.3 Å². The SMILES string of the molecule is O[C@@H]1[C@@H](O)[C@H](Oc2ccc(-c3ccsc3)nc2)SC[C@H]1O. The summed E-state index contributed by atoms with van der Waals surface area (Å²) in [5.41, 5.74) is 1.30. The molecule has 1 saturated heterocycles. The Morgan fingerprint density at radius 3 is 2.67 bits per heavy atom. The van der Waals surface area contributed by atoms with Crippen molar-refractivity contribution in [1.29, 1.82) is 0 Å². The second kappa shape index (κ2) is 6.33. The van der Waals surface area contributed by atoms with E-state index in [2.05, 4.69) is 4.98 Å². The first-order chi connectivity index (χ1) is 10.1. The van der Waals surface area contributed by atoms with E-state index in [1.165, 1.54) is 11.8 Å². The van der Waals surface area contributed by atoms with Crippen LogP contribution in [0.5, 0.6) is 5.75 Å². The van der Waals surface area contributed by atoms with Gasteiger partial charge in [0.15, 0.2) is 5.44 Å². The minimum absolute atomic E-state index is 0.323. The molecule has 21 heavy (non-hydrogen) atoms. The first-order valence-corrected chi connectivity index (χ1v) is 8.45. The number of thiophene rings is 1. The standard InChI is InChI=1S/C14H15NO4S2/c16-11-7-21-14(13(18)12(11)17)19-9-1-2-10(15-5-9)8-3-4-20-6-8/h1-6,11-14,16-18H,7H2/t11-,12+,13-,14-/m1/s1. The van der Waals surface area contributed by atoms with Crippen LogP contribution in [-0.4, -0.2) is 49.8 Å². The lowest BCUT2D eigenvalue weighted by atomic mass is 10.1. The third kappa shape index (κ3) is 3.22. The number of aliphatic hydroxyl groups is 3. The van der Waals surface area contributed by atoms with E-state index in [1.807, 2.05) is 22.9 Å². The van der Waals surface area contributed by atoms with Crippen LogP contribution >= 0.6 is 23.1 Å². The van der Waals surface area contributed by atoms with Crippen molar-refractivity contribution in [2.45, 2.75) is 23.7 Å². The van der Waals surface area contributed by atoms with Crippen LogP contribution in [0.3, 0.4) is 0 Å². The fourth-order valence-electron chi connectivity index (χ4n) is 2.05. The Bertz CT molecular complexity index is 575. The second-order valence-electron chi connectivity index (χ2n) is 4.76. The molecule has 2 aromatic heterocycles. The Morgan fingerprint density at radius 1 is 1.14 bits per heavy atom. The second-order valence-corrected chi connectivity index (χ2v) is 6.67. The average molecular weight is 325 g/mol. The van der Waals surface area contributed by atoms with Crippen molar-refractivity contribution < 1.29 is 20.1 Å². The molecule has 3 rings (SSSR count). The molecule has 1 aliphatic rings. The molecule has 5 nitrogen and oxygen atoms in total. The highest BCUT2D eigenvalue weighted by atomic mass is 32.2. The average Bonchev–Trinajstić information content (AvgIpc) is 3.03. The fourth-order valence-corrected chi connectivity index (χ4v) is 3.82. The molecule has 0 radical (unpaired) electrons. The molecule has 0 aromatic carbocycles. The van der Waals surface area contributed by atoms with Crippen LogP contribution in [0, 0.1) is 0 Å². The minimum atomic E-state index is -1.19. The molecule has 0 bridgehead atoms. The zero-order chi connectivity index (χ0) is 14.8. The van der Waals surface area contributed by atoms with E-state index < -0.39 is 23.7 Å². The van der Waals surface area contributed by atoms with Crippen LogP contribution < -0.4 is 4.74 Å². The van der Waals surface area contributed by atoms with E-state index >= 15 is 0 Å². The number of thioether (sulfide) groups is 1. The van der Waals surface area contributed by atoms with Crippen LogP contribution in [0.2, 0.25) is 0 Å². The van der Waals surface area contributed by atoms with Crippen LogP contribution in [0.1, 0.15) is 0 Å². The van der Waals surface area contributed by atoms with Gasteiger partial charge in [-0.3, -0.25) is 4.98 Å². The lowest BCUT2D eigenvalue weighted by Crippen LogP contribution is -2.50. The number of aromatic nitrogens is 1. The summed E-state index contributed by atoms with van der Waals surface area (Å²) in [7, 11) is 0. The van der Waals surface area contributed by atoms with Crippen LogP contribution in [0.15, 0.2) is 35.2 Å². The molecule has 0 spiro atoms. The molecular weight excluding hydrogens is 310 g/mol. The number of ether oxygens (including phenoxy) is 1. The van der Waals surface area contributed by atoms with Gasteiger partial charge in [0, 0.05) is 16.7 Å². The van der Waals surface area contributed by atoms with Gasteiger partial charge in [-0.2, -0.15) is 11.3 Å². The van der Waals surface area contributed by atoms with Crippen molar-refractivity contribution in [3.8, 4) is 17.0 Å². The number of pyridine rings is 1. The smallest absolute Gasteiger partial charge is 0.173 e. The summed E-state index contributed by atoms with van der Waals surface area (Å²) < 4.78 is 5.64. The Kier molecular flexibility index (Phi) is 4.46. The zero-order valence-electron chi connectivity index (χ0n) is 11.0. The quantitative estimate of drug-likeness (QED) is 0.790. The van der Waals surface area contributed by atoms with Gasteiger partial charge in [-0.15, -0.1) is 11.8 Å². The van der Waals surface area contributed by atoms with Gasteiger partial charge in [-0.25, -0.2) is 0 Å². The summed E-state index contributed by atoms with van der Waals surface area (Å²) in [6, 6.07) is 5.62. The van der Waals surface area contributed by atoms with E-state index in [4.69, 9.17) is 4.74 Å². The van der Waals surface area contributed by atoms with Gasteiger partial charge >= 0.3 is 0 Å². The predicted octanol–water partition coefficient (Wildman–Crippen LogP) is 1.34. The Labute approximate surface area is 130 Å². The summed E-state index contributed by atoms with van der Waals surface area (Å²) in [5, 5.41) is 33.0. The normalized spacial score (nSPS) is 29.3. The van der Waals surface area contributed by atoms with Crippen molar-refractivity contribution in [3.63, 3.8) is 0 Å². The molecule has 4 atom stereocenters. The third-order valence-electron chi connectivity index (χ3n) is 3.26. The third-order valence-corrected chi connectivity index (χ3v) is 5.18. The number of nitrogens with zero attached hydrogens (tertiary/aromatic N) is 1. The van der Waals surface area contributed by atoms with Crippen molar-refractivity contribution in [2.75, 3.05) is 5.75 Å². The van der Waals surface area contributed by atoms with E-state index in [0.29, 0.717) is 11.5 Å². The highest BCUT2D eigenvalue weighted by Crippen LogP contribution is 2.29. The highest BCUT2D eigenvalue weighted by Gasteiger charge is 2.38. The highest BCUT2D eigenvalue weighted by molar-refractivity contribution is 7.99. The topological polar surface area (TPSA) is 82.8 Å². The molecule has 7 heteroatoms. The maximum absolute atomic E-state index is 9.90. The minimum Gasteiger partial charge on any atom is -0.475 e. The predicted molar refractivity (Wildman–Crippen MR) is 82.4 cm³/mol. The summed E-state index contributed by atoms with van der Waals surface area (Å²) in [6.07, 6.45) is -1.65. The number of hydrogen-bond acceptors (Lipinski definition) is 7. The molecule has 1 fully saturated rings. The Morgan fingerprint density at radius 2 is 2.00 bits per heavy atom. The van der Waals surface area contributed by atoms with Gasteiger partial charge in [0.05, 0.1) is 18.0 Å². The van der Waals surface area contributed by atoms with Crippen molar-refractivity contribution in [3.05, 3.63) is 35.2 Å². The molecule has 0 amide bonds. The lowest BCUT2D eigenvalue weighted by molar-refractivity contribution is -0.0786. The van der Waals surface area contributed by atoms with Crippen LogP contribution in [0.25, 0.3) is 11.3 Å². The molecule has 0 aliphatic carbocycles. The number of rotatable bonds is 3.